The van der Waals surface area contributed by atoms with Crippen LogP contribution in [0.2, 0.25) is 0 Å². The Morgan fingerprint density at radius 1 is 0.460 bits per heavy atom. The van der Waals surface area contributed by atoms with E-state index < -0.39 is 101 Å². The fraction of sp³-hybridized carbons (Fsp3) is 0. The minimum atomic E-state index is -0.730. The van der Waals surface area contributed by atoms with Crippen LogP contribution in [-0.4, -0.2) is 19.5 Å². The third kappa shape index (κ3) is 4.52. The van der Waals surface area contributed by atoms with Crippen molar-refractivity contribution in [2.24, 2.45) is 0 Å². The molecule has 3 aromatic heterocycles. The van der Waals surface area contributed by atoms with Crippen molar-refractivity contribution < 1.29 is 25.0 Å². The van der Waals surface area contributed by atoms with Crippen LogP contribution in [0.5, 0.6) is 0 Å². The van der Waals surface area contributed by atoms with Gasteiger partial charge in [0.2, 0.25) is 0 Å². The van der Waals surface area contributed by atoms with Gasteiger partial charge in [0.05, 0.1) is 37.3 Å². The summed E-state index contributed by atoms with van der Waals surface area (Å²) < 4.78 is 144. The minimum absolute atomic E-state index is 0.138. The van der Waals surface area contributed by atoms with Crippen LogP contribution in [-0.2, 0) is 0 Å². The molecule has 5 heteroatoms. The lowest BCUT2D eigenvalue weighted by Crippen LogP contribution is -2.02. The van der Waals surface area contributed by atoms with Crippen LogP contribution in [0.15, 0.2) is 174 Å². The monoisotopic (exact) mass is 655 g/mol. The molecule has 0 saturated heterocycles. The molecule has 10 rings (SSSR count). The maximum atomic E-state index is 10.2. The molecule has 0 atom stereocenters. The zero-order chi connectivity index (χ0) is 46.1. The Labute approximate surface area is 308 Å². The van der Waals surface area contributed by atoms with Gasteiger partial charge < -0.3 is 8.98 Å². The zero-order valence-corrected chi connectivity index (χ0v) is 25.7. The van der Waals surface area contributed by atoms with E-state index in [1.807, 2.05) is 0 Å². The largest absolute Gasteiger partial charge is 0.455 e. The molecule has 0 aliphatic carbocycles. The van der Waals surface area contributed by atoms with Crippen molar-refractivity contribution in [2.75, 3.05) is 0 Å². The molecule has 50 heavy (non-hydrogen) atoms. The summed E-state index contributed by atoms with van der Waals surface area (Å²) >= 11 is 0. The molecule has 0 N–H and O–H groups in total. The summed E-state index contributed by atoms with van der Waals surface area (Å²) in [4.78, 5) is 14.2. The van der Waals surface area contributed by atoms with Crippen LogP contribution in [0.1, 0.15) is 20.6 Å². The van der Waals surface area contributed by atoms with Gasteiger partial charge in [-0.3, -0.25) is 0 Å². The summed E-state index contributed by atoms with van der Waals surface area (Å²) in [5.74, 6) is 0.0206. The molecule has 0 aliphatic heterocycles. The predicted octanol–water partition coefficient (Wildman–Crippen LogP) is 11.5. The van der Waals surface area contributed by atoms with E-state index in [1.54, 1.807) is 60.7 Å². The average molecular weight is 656 g/mol. The van der Waals surface area contributed by atoms with Crippen molar-refractivity contribution in [2.45, 2.75) is 0 Å². The summed E-state index contributed by atoms with van der Waals surface area (Å²) in [7, 11) is 0. The van der Waals surface area contributed by atoms with Gasteiger partial charge in [0, 0.05) is 49.4 Å². The maximum Gasteiger partial charge on any atom is 0.164 e. The number of para-hydroxylation sites is 4. The molecule has 0 bridgehead atoms. The molecule has 3 heterocycles. The molecule has 234 valence electrons. The number of furan rings is 1. The predicted molar refractivity (Wildman–Crippen MR) is 203 cm³/mol. The third-order valence-electron chi connectivity index (χ3n) is 8.30. The number of fused-ring (bicyclic) bond motifs is 6. The van der Waals surface area contributed by atoms with Gasteiger partial charge in [0.1, 0.15) is 11.2 Å². The summed E-state index contributed by atoms with van der Waals surface area (Å²) in [6.07, 6.45) is 0. The van der Waals surface area contributed by atoms with Gasteiger partial charge in [-0.25, -0.2) is 15.0 Å². The summed E-state index contributed by atoms with van der Waals surface area (Å²) in [5.41, 5.74) is -1.75. The minimum Gasteiger partial charge on any atom is -0.455 e. The van der Waals surface area contributed by atoms with Gasteiger partial charge >= 0.3 is 0 Å². The molecule has 5 nitrogen and oxygen atoms in total. The lowest BCUT2D eigenvalue weighted by Gasteiger charge is -2.16. The smallest absolute Gasteiger partial charge is 0.164 e. The molecule has 10 aromatic rings. The van der Waals surface area contributed by atoms with Crippen LogP contribution < -0.4 is 0 Å². The SMILES string of the molecule is [2H]c1cc([2H])c2oc3c(-c4c([2H])c(-c5nc(-c6ccccc6)nc(-c6ccccc6)n5)c([2H])c([2H])c4-n4c5c([2H])cc([2H])c([2H])c5c5c([2H])c([2H])cc([2H])c54)c([2H])c([2H])c([2H])c3c2c1[2H]. The Balaban J connectivity index is 1.47. The first-order chi connectivity index (χ1) is 31.0. The number of benzene rings is 7. The lowest BCUT2D eigenvalue weighted by atomic mass is 9.98. The van der Waals surface area contributed by atoms with Gasteiger partial charge in [-0.2, -0.15) is 0 Å². The summed E-state index contributed by atoms with van der Waals surface area (Å²) in [5, 5.41) is -0.829. The molecule has 0 aliphatic rings. The standard InChI is InChI=1S/C45H28N4O/c1-3-14-29(15-4-1)43-46-44(30-16-5-2-6-17-30)48-45(47-43)31-26-27-40(49-38-23-10-7-18-32(38)33-19-8-11-24-39(33)49)37(28-31)36-22-13-21-35-34-20-9-12-25-41(34)50-42(35)36/h1-28H/i7D,8D,9D,13D,18D,19D,20D,21D,22D,23D,24D,25D,26D,27D,28D. The van der Waals surface area contributed by atoms with E-state index in [9.17, 15) is 8.22 Å². The van der Waals surface area contributed by atoms with Crippen molar-refractivity contribution in [1.29, 1.82) is 0 Å². The van der Waals surface area contributed by atoms with Gasteiger partial charge in [-0.15, -0.1) is 0 Å². The fourth-order valence-electron chi connectivity index (χ4n) is 6.06. The molecule has 0 unspecified atom stereocenters. The van der Waals surface area contributed by atoms with Crippen LogP contribution >= 0.6 is 0 Å². The van der Waals surface area contributed by atoms with E-state index in [0.29, 0.717) is 11.1 Å². The molecular formula is C45H28N4O. The van der Waals surface area contributed by atoms with E-state index in [0.717, 1.165) is 22.8 Å². The second kappa shape index (κ2) is 11.4. The van der Waals surface area contributed by atoms with Crippen LogP contribution in [0.4, 0.5) is 0 Å². The Hall–Kier alpha value is -6.85. The third-order valence-corrected chi connectivity index (χ3v) is 8.30. The van der Waals surface area contributed by atoms with Crippen molar-refractivity contribution >= 4 is 43.7 Å². The lowest BCUT2D eigenvalue weighted by molar-refractivity contribution is 0.670. The van der Waals surface area contributed by atoms with E-state index in [-0.39, 0.29) is 72.8 Å². The van der Waals surface area contributed by atoms with Crippen LogP contribution in [0.25, 0.3) is 94.7 Å². The highest BCUT2D eigenvalue weighted by Crippen LogP contribution is 2.42. The molecule has 7 aromatic carbocycles. The van der Waals surface area contributed by atoms with E-state index in [2.05, 4.69) is 0 Å². The Kier molecular flexibility index (Phi) is 3.87. The molecule has 0 saturated carbocycles. The highest BCUT2D eigenvalue weighted by molar-refractivity contribution is 6.12. The topological polar surface area (TPSA) is 56.7 Å². The highest BCUT2D eigenvalue weighted by atomic mass is 16.3. The number of hydrogen-bond acceptors (Lipinski definition) is 4. The van der Waals surface area contributed by atoms with Crippen molar-refractivity contribution in [3.8, 4) is 51.0 Å². The second-order valence-electron chi connectivity index (χ2n) is 11.2. The molecule has 0 radical (unpaired) electrons. The molecule has 0 fully saturated rings. The first kappa shape index (κ1) is 17.0. The number of nitrogens with zero attached hydrogens (tertiary/aromatic N) is 4. The first-order valence-electron chi connectivity index (χ1n) is 23.0. The van der Waals surface area contributed by atoms with E-state index in [4.69, 9.17) is 31.7 Å². The first-order valence-corrected chi connectivity index (χ1v) is 15.5. The highest BCUT2D eigenvalue weighted by Gasteiger charge is 2.21. The fourth-order valence-corrected chi connectivity index (χ4v) is 6.06. The van der Waals surface area contributed by atoms with Gasteiger partial charge in [0.25, 0.3) is 0 Å². The van der Waals surface area contributed by atoms with Crippen molar-refractivity contribution in [3.63, 3.8) is 0 Å². The molecular weight excluding hydrogens is 613 g/mol. The Morgan fingerprint density at radius 3 is 1.66 bits per heavy atom. The maximum absolute atomic E-state index is 10.2. The van der Waals surface area contributed by atoms with Crippen LogP contribution in [0.3, 0.4) is 0 Å². The van der Waals surface area contributed by atoms with Crippen LogP contribution in [0, 0.1) is 0 Å². The summed E-state index contributed by atoms with van der Waals surface area (Å²) in [6, 6.07) is 12.9. The van der Waals surface area contributed by atoms with Crippen molar-refractivity contribution in [1.82, 2.24) is 19.5 Å². The Bertz CT molecular complexity index is 3600. The number of aromatic nitrogens is 4. The normalized spacial score (nSPS) is 15.8. The van der Waals surface area contributed by atoms with E-state index >= 15 is 0 Å². The summed E-state index contributed by atoms with van der Waals surface area (Å²) in [6.45, 7) is 0. The quantitative estimate of drug-likeness (QED) is 0.185. The second-order valence-corrected chi connectivity index (χ2v) is 11.2. The Morgan fingerprint density at radius 2 is 1.02 bits per heavy atom. The molecule has 0 spiro atoms. The molecule has 0 amide bonds. The van der Waals surface area contributed by atoms with Gasteiger partial charge in [-0.1, -0.05) is 133 Å². The number of rotatable bonds is 5. The van der Waals surface area contributed by atoms with Gasteiger partial charge in [0.15, 0.2) is 17.5 Å². The number of hydrogen-bond donors (Lipinski definition) is 0. The van der Waals surface area contributed by atoms with Crippen molar-refractivity contribution in [3.05, 3.63) is 169 Å². The van der Waals surface area contributed by atoms with Gasteiger partial charge in [-0.05, 0) is 36.3 Å². The van der Waals surface area contributed by atoms with E-state index in [1.165, 1.54) is 0 Å². The zero-order valence-electron chi connectivity index (χ0n) is 40.7. The average Bonchev–Trinajstić information content (AvgIpc) is 3.87.